The molecule has 1 radical (unpaired) electrons. The lowest BCUT2D eigenvalue weighted by Gasteiger charge is -2.09. The Labute approximate surface area is 73.1 Å². The Hall–Kier alpha value is -1.63. The summed E-state index contributed by atoms with van der Waals surface area (Å²) in [6.45, 7) is 0. The Morgan fingerprint density at radius 3 is 2.69 bits per heavy atom. The van der Waals surface area contributed by atoms with Crippen molar-refractivity contribution < 1.29 is 17.9 Å². The second-order valence-electron chi connectivity index (χ2n) is 2.10. The third kappa shape index (κ3) is 2.71. The fourth-order valence-electron chi connectivity index (χ4n) is 0.744. The van der Waals surface area contributed by atoms with Crippen molar-refractivity contribution in [1.82, 2.24) is 0 Å². The summed E-state index contributed by atoms with van der Waals surface area (Å²) in [7, 11) is 0. The maximum absolute atomic E-state index is 11.8. The van der Waals surface area contributed by atoms with E-state index in [9.17, 15) is 13.2 Å². The van der Waals surface area contributed by atoms with E-state index in [-0.39, 0.29) is 5.56 Å². The van der Waals surface area contributed by atoms with Crippen LogP contribution in [0.3, 0.4) is 0 Å². The van der Waals surface area contributed by atoms with Gasteiger partial charge in [0.25, 0.3) is 0 Å². The van der Waals surface area contributed by atoms with Crippen LogP contribution >= 0.6 is 0 Å². The van der Waals surface area contributed by atoms with Crippen molar-refractivity contribution in [1.29, 1.82) is 0 Å². The van der Waals surface area contributed by atoms with Crippen LogP contribution in [-0.2, 0) is 0 Å². The monoisotopic (exact) mass is 185 g/mol. The molecule has 4 heteroatoms. The van der Waals surface area contributed by atoms with E-state index in [1.54, 1.807) is 0 Å². The number of terminal acetylenes is 1. The van der Waals surface area contributed by atoms with Crippen LogP contribution in [0.15, 0.2) is 18.2 Å². The molecule has 0 saturated carbocycles. The third-order valence-electron chi connectivity index (χ3n) is 1.19. The van der Waals surface area contributed by atoms with Gasteiger partial charge < -0.3 is 4.74 Å². The summed E-state index contributed by atoms with van der Waals surface area (Å²) in [5.41, 5.74) is -0.0418. The van der Waals surface area contributed by atoms with Crippen LogP contribution in [0.2, 0.25) is 0 Å². The average molecular weight is 185 g/mol. The minimum absolute atomic E-state index is 0.0418. The van der Waals surface area contributed by atoms with Gasteiger partial charge in [0, 0.05) is 6.07 Å². The van der Waals surface area contributed by atoms with E-state index in [1.807, 2.05) is 5.92 Å². The zero-order valence-electron chi connectivity index (χ0n) is 6.35. The molecule has 0 saturated heterocycles. The maximum Gasteiger partial charge on any atom is 0.573 e. The lowest BCUT2D eigenvalue weighted by Crippen LogP contribution is -2.17. The number of rotatable bonds is 1. The van der Waals surface area contributed by atoms with Gasteiger partial charge in [-0.05, 0) is 6.07 Å². The Morgan fingerprint density at radius 1 is 1.46 bits per heavy atom. The molecule has 67 valence electrons. The van der Waals surface area contributed by atoms with Crippen molar-refractivity contribution in [3.63, 3.8) is 0 Å². The van der Waals surface area contributed by atoms with Crippen LogP contribution < -0.4 is 4.74 Å². The van der Waals surface area contributed by atoms with E-state index in [2.05, 4.69) is 10.8 Å². The minimum atomic E-state index is -4.72. The molecular formula is C9H4F3O. The van der Waals surface area contributed by atoms with E-state index < -0.39 is 12.1 Å². The second-order valence-corrected chi connectivity index (χ2v) is 2.10. The van der Waals surface area contributed by atoms with Gasteiger partial charge in [-0.1, -0.05) is 18.1 Å². The van der Waals surface area contributed by atoms with Gasteiger partial charge in [0.15, 0.2) is 0 Å². The fourth-order valence-corrected chi connectivity index (χ4v) is 0.744. The summed E-state index contributed by atoms with van der Waals surface area (Å²) in [5.74, 6) is 1.63. The van der Waals surface area contributed by atoms with Crippen LogP contribution in [0, 0.1) is 18.4 Å². The molecule has 0 heterocycles. The Kier molecular flexibility index (Phi) is 2.47. The summed E-state index contributed by atoms with van der Waals surface area (Å²) < 4.78 is 38.9. The molecule has 0 bridgehead atoms. The SMILES string of the molecule is C#Cc1[c]cccc1OC(F)(F)F. The molecule has 0 aliphatic rings. The van der Waals surface area contributed by atoms with Crippen molar-refractivity contribution in [2.45, 2.75) is 6.36 Å². The molecule has 1 rings (SSSR count). The number of hydrogen-bond acceptors (Lipinski definition) is 1. The number of halogens is 3. The molecule has 0 fully saturated rings. The number of hydrogen-bond donors (Lipinski definition) is 0. The van der Waals surface area contributed by atoms with E-state index in [0.29, 0.717) is 0 Å². The lowest BCUT2D eigenvalue weighted by molar-refractivity contribution is -0.274. The Balaban J connectivity index is 2.96. The first kappa shape index (κ1) is 9.46. The minimum Gasteiger partial charge on any atom is -0.404 e. The lowest BCUT2D eigenvalue weighted by atomic mass is 10.2. The molecule has 0 spiro atoms. The molecule has 0 aromatic heterocycles. The molecule has 0 atom stereocenters. The van der Waals surface area contributed by atoms with Crippen LogP contribution in [0.1, 0.15) is 5.56 Å². The summed E-state index contributed by atoms with van der Waals surface area (Å²) in [4.78, 5) is 0. The van der Waals surface area contributed by atoms with Gasteiger partial charge in [0.1, 0.15) is 5.75 Å². The highest BCUT2D eigenvalue weighted by Crippen LogP contribution is 2.24. The van der Waals surface area contributed by atoms with Gasteiger partial charge in [-0.25, -0.2) is 0 Å². The Morgan fingerprint density at radius 2 is 2.15 bits per heavy atom. The Bertz CT molecular complexity index is 335. The van der Waals surface area contributed by atoms with Crippen molar-refractivity contribution >= 4 is 0 Å². The molecule has 0 N–H and O–H groups in total. The zero-order chi connectivity index (χ0) is 9.90. The zero-order valence-corrected chi connectivity index (χ0v) is 6.35. The standard InChI is InChI=1S/C9H4F3O/c1-2-7-5-3-4-6-8(7)13-9(10,11)12/h1,3-4,6H. The summed E-state index contributed by atoms with van der Waals surface area (Å²) in [6, 6.07) is 6.36. The first-order valence-electron chi connectivity index (χ1n) is 3.26. The van der Waals surface area contributed by atoms with Crippen LogP contribution in [0.4, 0.5) is 13.2 Å². The van der Waals surface area contributed by atoms with Gasteiger partial charge >= 0.3 is 6.36 Å². The highest BCUT2D eigenvalue weighted by Gasteiger charge is 2.31. The van der Waals surface area contributed by atoms with E-state index >= 15 is 0 Å². The molecule has 1 nitrogen and oxygen atoms in total. The van der Waals surface area contributed by atoms with Crippen molar-refractivity contribution in [3.8, 4) is 18.1 Å². The second kappa shape index (κ2) is 3.40. The topological polar surface area (TPSA) is 9.23 Å². The molecule has 0 aliphatic heterocycles. The van der Waals surface area contributed by atoms with Gasteiger partial charge in [-0.2, -0.15) is 0 Å². The van der Waals surface area contributed by atoms with E-state index in [1.165, 1.54) is 12.1 Å². The fraction of sp³-hybridized carbons (Fsp3) is 0.111. The van der Waals surface area contributed by atoms with Crippen LogP contribution in [0.5, 0.6) is 5.75 Å². The molecular weight excluding hydrogens is 181 g/mol. The first-order valence-corrected chi connectivity index (χ1v) is 3.26. The summed E-state index contributed by atoms with van der Waals surface area (Å²) >= 11 is 0. The predicted molar refractivity (Wildman–Crippen MR) is 39.9 cm³/mol. The average Bonchev–Trinajstić information content (AvgIpc) is 2.02. The predicted octanol–water partition coefficient (Wildman–Crippen LogP) is 2.37. The van der Waals surface area contributed by atoms with Crippen LogP contribution in [0.25, 0.3) is 0 Å². The van der Waals surface area contributed by atoms with Crippen LogP contribution in [-0.4, -0.2) is 6.36 Å². The third-order valence-corrected chi connectivity index (χ3v) is 1.19. The highest BCUT2D eigenvalue weighted by molar-refractivity contribution is 5.43. The molecule has 13 heavy (non-hydrogen) atoms. The smallest absolute Gasteiger partial charge is 0.404 e. The number of ether oxygens (including phenoxy) is 1. The largest absolute Gasteiger partial charge is 0.573 e. The van der Waals surface area contributed by atoms with Crippen molar-refractivity contribution in [2.75, 3.05) is 0 Å². The van der Waals surface area contributed by atoms with E-state index in [4.69, 9.17) is 6.42 Å². The number of benzene rings is 1. The quantitative estimate of drug-likeness (QED) is 0.610. The normalized spacial score (nSPS) is 10.6. The van der Waals surface area contributed by atoms with Gasteiger partial charge in [-0.3, -0.25) is 0 Å². The molecule has 0 unspecified atom stereocenters. The van der Waals surface area contributed by atoms with Gasteiger partial charge in [0.05, 0.1) is 5.56 Å². The summed E-state index contributed by atoms with van der Waals surface area (Å²) in [6.07, 6.45) is 0.219. The molecule has 1 aromatic carbocycles. The van der Waals surface area contributed by atoms with E-state index in [0.717, 1.165) is 6.07 Å². The van der Waals surface area contributed by atoms with Gasteiger partial charge in [0.2, 0.25) is 0 Å². The first-order chi connectivity index (χ1) is 6.03. The highest BCUT2D eigenvalue weighted by atomic mass is 19.4. The van der Waals surface area contributed by atoms with Gasteiger partial charge in [-0.15, -0.1) is 19.6 Å². The van der Waals surface area contributed by atoms with Crippen molar-refractivity contribution in [2.24, 2.45) is 0 Å². The van der Waals surface area contributed by atoms with Crippen molar-refractivity contribution in [3.05, 3.63) is 29.8 Å². The molecule has 1 aromatic rings. The number of alkyl halides is 3. The molecule has 0 amide bonds. The summed E-state index contributed by atoms with van der Waals surface area (Å²) in [5, 5.41) is 0. The molecule has 0 aliphatic carbocycles. The maximum atomic E-state index is 11.8.